The maximum Gasteiger partial charge on any atom is 0.228 e. The third-order valence-corrected chi connectivity index (χ3v) is 5.12. The van der Waals surface area contributed by atoms with Crippen molar-refractivity contribution in [2.24, 2.45) is 0 Å². The monoisotopic (exact) mass is 441 g/mol. The van der Waals surface area contributed by atoms with Crippen molar-refractivity contribution in [1.29, 1.82) is 0 Å². The standard InChI is InChI=1S/C24H28ClN3O3/c1-5-30-21-12-9-19(13-22(21)31-6-2)14-23(29)26-24-16(3)27-28(17(24)4)15-18-7-10-20(25)11-8-18/h7-13H,5-6,14-15H2,1-4H3,(H,26,29). The lowest BCUT2D eigenvalue weighted by molar-refractivity contribution is -0.115. The van der Waals surface area contributed by atoms with Gasteiger partial charge in [-0.05, 0) is 63.1 Å². The summed E-state index contributed by atoms with van der Waals surface area (Å²) in [6, 6.07) is 13.3. The molecule has 0 radical (unpaired) electrons. The van der Waals surface area contributed by atoms with Crippen LogP contribution in [0.15, 0.2) is 42.5 Å². The van der Waals surface area contributed by atoms with Gasteiger partial charge in [0.1, 0.15) is 0 Å². The largest absolute Gasteiger partial charge is 0.490 e. The molecule has 0 aliphatic carbocycles. The number of benzene rings is 2. The van der Waals surface area contributed by atoms with Crippen LogP contribution in [-0.2, 0) is 17.8 Å². The van der Waals surface area contributed by atoms with Crippen LogP contribution in [0.4, 0.5) is 5.69 Å². The van der Waals surface area contributed by atoms with Gasteiger partial charge in [0, 0.05) is 5.02 Å². The first-order chi connectivity index (χ1) is 14.9. The van der Waals surface area contributed by atoms with Gasteiger partial charge in [0.05, 0.1) is 43.3 Å². The molecule has 2 aromatic carbocycles. The summed E-state index contributed by atoms with van der Waals surface area (Å²) < 4.78 is 13.1. The van der Waals surface area contributed by atoms with Crippen LogP contribution < -0.4 is 14.8 Å². The molecule has 0 aliphatic rings. The maximum absolute atomic E-state index is 12.7. The lowest BCUT2D eigenvalue weighted by Crippen LogP contribution is -2.16. The van der Waals surface area contributed by atoms with Crippen LogP contribution in [0.5, 0.6) is 11.5 Å². The highest BCUT2D eigenvalue weighted by molar-refractivity contribution is 6.30. The van der Waals surface area contributed by atoms with E-state index in [1.807, 2.05) is 74.8 Å². The molecule has 0 fully saturated rings. The first kappa shape index (κ1) is 22.7. The summed E-state index contributed by atoms with van der Waals surface area (Å²) in [5.74, 6) is 1.23. The van der Waals surface area contributed by atoms with Crippen LogP contribution >= 0.6 is 11.6 Å². The topological polar surface area (TPSA) is 65.4 Å². The molecule has 0 spiro atoms. The van der Waals surface area contributed by atoms with Crippen LogP contribution in [0.2, 0.25) is 5.02 Å². The van der Waals surface area contributed by atoms with Crippen LogP contribution in [0, 0.1) is 13.8 Å². The highest BCUT2D eigenvalue weighted by atomic mass is 35.5. The second kappa shape index (κ2) is 10.4. The minimum Gasteiger partial charge on any atom is -0.490 e. The molecule has 3 aromatic rings. The molecule has 0 atom stereocenters. The number of aryl methyl sites for hydroxylation is 1. The Morgan fingerprint density at radius 2 is 1.65 bits per heavy atom. The van der Waals surface area contributed by atoms with E-state index >= 15 is 0 Å². The fourth-order valence-electron chi connectivity index (χ4n) is 3.37. The molecule has 0 saturated carbocycles. The van der Waals surface area contributed by atoms with E-state index < -0.39 is 0 Å². The number of aromatic nitrogens is 2. The second-order valence-corrected chi connectivity index (χ2v) is 7.64. The Balaban J connectivity index is 1.71. The number of carbonyl (C=O) groups is 1. The number of halogens is 1. The van der Waals surface area contributed by atoms with Gasteiger partial charge in [0.15, 0.2) is 11.5 Å². The number of hydrogen-bond acceptors (Lipinski definition) is 4. The van der Waals surface area contributed by atoms with Gasteiger partial charge in [-0.3, -0.25) is 9.48 Å². The molecule has 1 heterocycles. The number of amides is 1. The Morgan fingerprint density at radius 1 is 1.00 bits per heavy atom. The molecule has 0 aliphatic heterocycles. The number of anilines is 1. The zero-order chi connectivity index (χ0) is 22.4. The van der Waals surface area contributed by atoms with Crippen LogP contribution in [-0.4, -0.2) is 28.9 Å². The fourth-order valence-corrected chi connectivity index (χ4v) is 3.50. The number of rotatable bonds is 9. The van der Waals surface area contributed by atoms with Crippen molar-refractivity contribution in [3.63, 3.8) is 0 Å². The van der Waals surface area contributed by atoms with Gasteiger partial charge in [-0.25, -0.2) is 0 Å². The van der Waals surface area contributed by atoms with E-state index in [1.54, 1.807) is 0 Å². The highest BCUT2D eigenvalue weighted by Crippen LogP contribution is 2.29. The van der Waals surface area contributed by atoms with E-state index in [0.717, 1.165) is 28.2 Å². The van der Waals surface area contributed by atoms with Crippen molar-refractivity contribution >= 4 is 23.2 Å². The van der Waals surface area contributed by atoms with E-state index in [4.69, 9.17) is 21.1 Å². The molecule has 164 valence electrons. The molecular formula is C24H28ClN3O3. The van der Waals surface area contributed by atoms with E-state index in [0.29, 0.717) is 36.3 Å². The summed E-state index contributed by atoms with van der Waals surface area (Å²) >= 11 is 5.97. The summed E-state index contributed by atoms with van der Waals surface area (Å²) in [6.45, 7) is 9.38. The van der Waals surface area contributed by atoms with Gasteiger partial charge < -0.3 is 14.8 Å². The van der Waals surface area contributed by atoms with Crippen LogP contribution in [0.3, 0.4) is 0 Å². The molecule has 6 nitrogen and oxygen atoms in total. The minimum absolute atomic E-state index is 0.108. The van der Waals surface area contributed by atoms with Crippen molar-refractivity contribution in [1.82, 2.24) is 9.78 Å². The number of carbonyl (C=O) groups excluding carboxylic acids is 1. The first-order valence-electron chi connectivity index (χ1n) is 10.4. The Hall–Kier alpha value is -2.99. The summed E-state index contributed by atoms with van der Waals surface area (Å²) in [6.07, 6.45) is 0.230. The molecule has 7 heteroatoms. The molecular weight excluding hydrogens is 414 g/mol. The minimum atomic E-state index is -0.108. The molecule has 0 saturated heterocycles. The molecule has 1 amide bonds. The van der Waals surface area contributed by atoms with Crippen molar-refractivity contribution < 1.29 is 14.3 Å². The summed E-state index contributed by atoms with van der Waals surface area (Å²) in [4.78, 5) is 12.7. The second-order valence-electron chi connectivity index (χ2n) is 7.20. The third-order valence-electron chi connectivity index (χ3n) is 4.86. The molecule has 31 heavy (non-hydrogen) atoms. The third kappa shape index (κ3) is 5.79. The Kier molecular flexibility index (Phi) is 7.58. The zero-order valence-electron chi connectivity index (χ0n) is 18.4. The number of ether oxygens (including phenoxy) is 2. The smallest absolute Gasteiger partial charge is 0.228 e. The van der Waals surface area contributed by atoms with Gasteiger partial charge in [0.2, 0.25) is 5.91 Å². The van der Waals surface area contributed by atoms with Gasteiger partial charge >= 0.3 is 0 Å². The van der Waals surface area contributed by atoms with E-state index in [1.165, 1.54) is 0 Å². The molecule has 0 unspecified atom stereocenters. The van der Waals surface area contributed by atoms with Crippen molar-refractivity contribution in [3.8, 4) is 11.5 Å². The predicted octanol–water partition coefficient (Wildman–Crippen LogP) is 5.18. The van der Waals surface area contributed by atoms with Crippen molar-refractivity contribution in [3.05, 3.63) is 70.0 Å². The van der Waals surface area contributed by atoms with E-state index in [2.05, 4.69) is 10.4 Å². The van der Waals surface area contributed by atoms with Gasteiger partial charge in [-0.2, -0.15) is 5.10 Å². The van der Waals surface area contributed by atoms with E-state index in [9.17, 15) is 4.79 Å². The summed E-state index contributed by atoms with van der Waals surface area (Å²) in [5, 5.41) is 8.31. The lowest BCUT2D eigenvalue weighted by atomic mass is 10.1. The Morgan fingerprint density at radius 3 is 2.32 bits per heavy atom. The average Bonchev–Trinajstić information content (AvgIpc) is 2.99. The normalized spacial score (nSPS) is 10.7. The Labute approximate surface area is 188 Å². The average molecular weight is 442 g/mol. The van der Waals surface area contributed by atoms with Crippen molar-refractivity contribution in [2.45, 2.75) is 40.7 Å². The number of nitrogens with zero attached hydrogens (tertiary/aromatic N) is 2. The maximum atomic E-state index is 12.7. The van der Waals surface area contributed by atoms with Gasteiger partial charge in [-0.15, -0.1) is 0 Å². The molecule has 0 bridgehead atoms. The van der Waals surface area contributed by atoms with Gasteiger partial charge in [-0.1, -0.05) is 29.8 Å². The number of hydrogen-bond donors (Lipinski definition) is 1. The van der Waals surface area contributed by atoms with E-state index in [-0.39, 0.29) is 12.3 Å². The Bertz CT molecular complexity index is 1040. The summed E-state index contributed by atoms with van der Waals surface area (Å²) in [5.41, 5.74) is 4.37. The SMILES string of the molecule is CCOc1ccc(CC(=O)Nc2c(C)nn(Cc3ccc(Cl)cc3)c2C)cc1OCC. The fraction of sp³-hybridized carbons (Fsp3) is 0.333. The predicted molar refractivity (Wildman–Crippen MR) is 123 cm³/mol. The van der Waals surface area contributed by atoms with Crippen molar-refractivity contribution in [2.75, 3.05) is 18.5 Å². The molecule has 1 aromatic heterocycles. The molecule has 3 rings (SSSR count). The van der Waals surface area contributed by atoms with Gasteiger partial charge in [0.25, 0.3) is 0 Å². The lowest BCUT2D eigenvalue weighted by Gasteiger charge is -2.12. The van der Waals surface area contributed by atoms with Crippen LogP contribution in [0.25, 0.3) is 0 Å². The quantitative estimate of drug-likeness (QED) is 0.496. The number of nitrogens with one attached hydrogen (secondary N) is 1. The first-order valence-corrected chi connectivity index (χ1v) is 10.8. The zero-order valence-corrected chi connectivity index (χ0v) is 19.1. The summed E-state index contributed by atoms with van der Waals surface area (Å²) in [7, 11) is 0. The molecule has 1 N–H and O–H groups in total. The van der Waals surface area contributed by atoms with Crippen LogP contribution in [0.1, 0.15) is 36.4 Å². The highest BCUT2D eigenvalue weighted by Gasteiger charge is 2.16.